The van der Waals surface area contributed by atoms with Crippen molar-refractivity contribution in [2.24, 2.45) is 0 Å². The maximum Gasteiger partial charge on any atom is 0.183 e. The Morgan fingerprint density at radius 3 is 2.79 bits per heavy atom. The van der Waals surface area contributed by atoms with Crippen LogP contribution in [-0.2, 0) is 6.42 Å². The third-order valence-corrected chi connectivity index (χ3v) is 3.86. The standard InChI is InChI=1S/C15H13FN2S/c16-12-6-7-13-14(10-12)19-15(18-13)17-9-8-11-4-2-1-3-5-11/h1-7,10H,8-9H2,(H,17,18). The van der Waals surface area contributed by atoms with Gasteiger partial charge in [-0.3, -0.25) is 0 Å². The molecule has 0 fully saturated rings. The Balaban J connectivity index is 1.65. The van der Waals surface area contributed by atoms with E-state index >= 15 is 0 Å². The molecule has 0 spiro atoms. The zero-order chi connectivity index (χ0) is 13.1. The third-order valence-electron chi connectivity index (χ3n) is 2.88. The molecule has 3 rings (SSSR count). The molecule has 0 aliphatic heterocycles. The molecular weight excluding hydrogens is 259 g/mol. The molecule has 2 aromatic carbocycles. The molecule has 4 heteroatoms. The summed E-state index contributed by atoms with van der Waals surface area (Å²) in [7, 11) is 0. The van der Waals surface area contributed by atoms with Crippen LogP contribution in [0.5, 0.6) is 0 Å². The maximum absolute atomic E-state index is 13.1. The lowest BCUT2D eigenvalue weighted by Gasteiger charge is -2.02. The monoisotopic (exact) mass is 272 g/mol. The van der Waals surface area contributed by atoms with Crippen molar-refractivity contribution in [2.75, 3.05) is 11.9 Å². The molecule has 0 bridgehead atoms. The topological polar surface area (TPSA) is 24.9 Å². The summed E-state index contributed by atoms with van der Waals surface area (Å²) in [4.78, 5) is 4.43. The number of rotatable bonds is 4. The normalized spacial score (nSPS) is 10.8. The van der Waals surface area contributed by atoms with Crippen LogP contribution < -0.4 is 5.32 Å². The van der Waals surface area contributed by atoms with E-state index < -0.39 is 0 Å². The summed E-state index contributed by atoms with van der Waals surface area (Å²) in [6.45, 7) is 0.826. The summed E-state index contributed by atoms with van der Waals surface area (Å²) in [5, 5.41) is 4.13. The van der Waals surface area contributed by atoms with Crippen LogP contribution in [0.3, 0.4) is 0 Å². The van der Waals surface area contributed by atoms with Gasteiger partial charge in [-0.05, 0) is 30.2 Å². The molecule has 1 aromatic heterocycles. The van der Waals surface area contributed by atoms with E-state index in [9.17, 15) is 4.39 Å². The third kappa shape index (κ3) is 2.90. The van der Waals surface area contributed by atoms with Crippen LogP contribution in [-0.4, -0.2) is 11.5 Å². The molecule has 3 aromatic rings. The molecule has 0 saturated carbocycles. The minimum atomic E-state index is -0.216. The number of anilines is 1. The van der Waals surface area contributed by atoms with Gasteiger partial charge in [0.2, 0.25) is 0 Å². The van der Waals surface area contributed by atoms with Gasteiger partial charge in [-0.2, -0.15) is 0 Å². The highest BCUT2D eigenvalue weighted by Crippen LogP contribution is 2.26. The van der Waals surface area contributed by atoms with Crippen LogP contribution in [0.1, 0.15) is 5.56 Å². The van der Waals surface area contributed by atoms with Crippen molar-refractivity contribution in [1.29, 1.82) is 0 Å². The zero-order valence-electron chi connectivity index (χ0n) is 10.3. The van der Waals surface area contributed by atoms with Gasteiger partial charge in [0.05, 0.1) is 10.2 Å². The van der Waals surface area contributed by atoms with Crippen molar-refractivity contribution in [3.63, 3.8) is 0 Å². The largest absolute Gasteiger partial charge is 0.361 e. The van der Waals surface area contributed by atoms with Gasteiger partial charge in [0.25, 0.3) is 0 Å². The summed E-state index contributed by atoms with van der Waals surface area (Å²) in [5.74, 6) is -0.216. The van der Waals surface area contributed by atoms with E-state index in [2.05, 4.69) is 22.4 Å². The smallest absolute Gasteiger partial charge is 0.183 e. The van der Waals surface area contributed by atoms with Crippen LogP contribution in [0.4, 0.5) is 9.52 Å². The molecule has 1 heterocycles. The highest BCUT2D eigenvalue weighted by atomic mass is 32.1. The second-order valence-corrected chi connectivity index (χ2v) is 5.32. The number of thiazole rings is 1. The van der Waals surface area contributed by atoms with Crippen molar-refractivity contribution < 1.29 is 4.39 Å². The van der Waals surface area contributed by atoms with Gasteiger partial charge in [0.15, 0.2) is 5.13 Å². The Morgan fingerprint density at radius 2 is 1.95 bits per heavy atom. The van der Waals surface area contributed by atoms with Crippen LogP contribution in [0.2, 0.25) is 0 Å². The first-order chi connectivity index (χ1) is 9.31. The fraction of sp³-hybridized carbons (Fsp3) is 0.133. The van der Waals surface area contributed by atoms with Gasteiger partial charge >= 0.3 is 0 Å². The second-order valence-electron chi connectivity index (χ2n) is 4.29. The Morgan fingerprint density at radius 1 is 1.11 bits per heavy atom. The number of halogens is 1. The van der Waals surface area contributed by atoms with Crippen LogP contribution >= 0.6 is 11.3 Å². The van der Waals surface area contributed by atoms with Crippen molar-refractivity contribution in [1.82, 2.24) is 4.98 Å². The van der Waals surface area contributed by atoms with Crippen molar-refractivity contribution in [3.05, 3.63) is 59.9 Å². The van der Waals surface area contributed by atoms with E-state index in [4.69, 9.17) is 0 Å². The average Bonchev–Trinajstić information content (AvgIpc) is 2.82. The SMILES string of the molecule is Fc1ccc2nc(NCCc3ccccc3)sc2c1. The van der Waals surface area contributed by atoms with Gasteiger partial charge in [-0.15, -0.1) is 0 Å². The fourth-order valence-electron chi connectivity index (χ4n) is 1.93. The highest BCUT2D eigenvalue weighted by molar-refractivity contribution is 7.22. The van der Waals surface area contributed by atoms with E-state index in [1.165, 1.54) is 29.0 Å². The minimum Gasteiger partial charge on any atom is -0.361 e. The molecule has 0 saturated heterocycles. The Labute approximate surface area is 114 Å². The van der Waals surface area contributed by atoms with Gasteiger partial charge in [0.1, 0.15) is 5.82 Å². The van der Waals surface area contributed by atoms with Gasteiger partial charge in [-0.25, -0.2) is 9.37 Å². The van der Waals surface area contributed by atoms with E-state index in [-0.39, 0.29) is 5.82 Å². The van der Waals surface area contributed by atoms with Gasteiger partial charge in [-0.1, -0.05) is 41.7 Å². The first kappa shape index (κ1) is 12.1. The summed E-state index contributed by atoms with van der Waals surface area (Å²) < 4.78 is 14.0. The van der Waals surface area contributed by atoms with Crippen molar-refractivity contribution in [2.45, 2.75) is 6.42 Å². The quantitative estimate of drug-likeness (QED) is 0.773. The molecule has 1 N–H and O–H groups in total. The summed E-state index contributed by atoms with van der Waals surface area (Å²) in [6.07, 6.45) is 0.950. The van der Waals surface area contributed by atoms with E-state index in [0.717, 1.165) is 28.3 Å². The van der Waals surface area contributed by atoms with E-state index in [1.807, 2.05) is 18.2 Å². The zero-order valence-corrected chi connectivity index (χ0v) is 11.1. The molecule has 0 unspecified atom stereocenters. The van der Waals surface area contributed by atoms with Crippen molar-refractivity contribution >= 4 is 26.7 Å². The maximum atomic E-state index is 13.1. The predicted octanol–water partition coefficient (Wildman–Crippen LogP) is 4.09. The van der Waals surface area contributed by atoms with Crippen molar-refractivity contribution in [3.8, 4) is 0 Å². The molecule has 0 radical (unpaired) electrons. The number of hydrogen-bond donors (Lipinski definition) is 1. The molecule has 0 aliphatic rings. The molecule has 0 aliphatic carbocycles. The first-order valence-electron chi connectivity index (χ1n) is 6.15. The van der Waals surface area contributed by atoms with Crippen LogP contribution in [0.15, 0.2) is 48.5 Å². The molecule has 0 amide bonds. The molecule has 19 heavy (non-hydrogen) atoms. The molecule has 2 nitrogen and oxygen atoms in total. The average molecular weight is 272 g/mol. The lowest BCUT2D eigenvalue weighted by atomic mass is 10.2. The number of hydrogen-bond acceptors (Lipinski definition) is 3. The lowest BCUT2D eigenvalue weighted by Crippen LogP contribution is -2.04. The molecule has 96 valence electrons. The fourth-order valence-corrected chi connectivity index (χ4v) is 2.85. The number of benzene rings is 2. The highest BCUT2D eigenvalue weighted by Gasteiger charge is 2.04. The summed E-state index contributed by atoms with van der Waals surface area (Å²) >= 11 is 1.48. The second kappa shape index (κ2) is 5.36. The molecule has 0 atom stereocenters. The summed E-state index contributed by atoms with van der Waals surface area (Å²) in [6, 6.07) is 15.0. The lowest BCUT2D eigenvalue weighted by molar-refractivity contribution is 0.630. The Bertz CT molecular complexity index is 679. The molecular formula is C15H13FN2S. The summed E-state index contributed by atoms with van der Waals surface area (Å²) in [5.41, 5.74) is 2.13. The number of aromatic nitrogens is 1. The Kier molecular flexibility index (Phi) is 3.42. The predicted molar refractivity (Wildman–Crippen MR) is 78.2 cm³/mol. The van der Waals surface area contributed by atoms with Gasteiger partial charge in [0, 0.05) is 6.54 Å². The van der Waals surface area contributed by atoms with E-state index in [1.54, 1.807) is 6.07 Å². The number of nitrogens with one attached hydrogen (secondary N) is 1. The van der Waals surface area contributed by atoms with E-state index in [0.29, 0.717) is 0 Å². The Hall–Kier alpha value is -1.94. The number of nitrogens with zero attached hydrogens (tertiary/aromatic N) is 1. The van der Waals surface area contributed by atoms with Gasteiger partial charge < -0.3 is 5.32 Å². The number of fused-ring (bicyclic) bond motifs is 1. The van der Waals surface area contributed by atoms with Crippen LogP contribution in [0.25, 0.3) is 10.2 Å². The first-order valence-corrected chi connectivity index (χ1v) is 6.97. The van der Waals surface area contributed by atoms with Crippen LogP contribution in [0, 0.1) is 5.82 Å². The minimum absolute atomic E-state index is 0.216.